The normalized spacial score (nSPS) is 28.8. The topological polar surface area (TPSA) is 21.3 Å². The molecule has 0 heterocycles. The van der Waals surface area contributed by atoms with E-state index in [9.17, 15) is 0 Å². The van der Waals surface area contributed by atoms with Crippen LogP contribution in [-0.2, 0) is 6.42 Å². The van der Waals surface area contributed by atoms with Crippen molar-refractivity contribution in [3.8, 4) is 5.75 Å². The highest BCUT2D eigenvalue weighted by Gasteiger charge is 2.42. The van der Waals surface area contributed by atoms with Gasteiger partial charge in [-0.15, -0.1) is 0 Å². The van der Waals surface area contributed by atoms with Crippen molar-refractivity contribution in [2.75, 3.05) is 13.7 Å². The Morgan fingerprint density at radius 3 is 2.57 bits per heavy atom. The molecule has 0 saturated heterocycles. The van der Waals surface area contributed by atoms with Gasteiger partial charge >= 0.3 is 0 Å². The molecule has 2 aliphatic carbocycles. The Labute approximate surface area is 129 Å². The predicted molar refractivity (Wildman–Crippen MR) is 87.7 cm³/mol. The van der Waals surface area contributed by atoms with E-state index in [2.05, 4.69) is 36.5 Å². The van der Waals surface area contributed by atoms with Crippen LogP contribution in [0.4, 0.5) is 0 Å². The van der Waals surface area contributed by atoms with Crippen molar-refractivity contribution in [1.29, 1.82) is 0 Å². The molecule has 2 bridgehead atoms. The van der Waals surface area contributed by atoms with E-state index in [-0.39, 0.29) is 0 Å². The molecule has 3 rings (SSSR count). The van der Waals surface area contributed by atoms with Crippen LogP contribution in [-0.4, -0.2) is 19.7 Å². The molecule has 116 valence electrons. The molecule has 0 spiro atoms. The molecular weight excluding hydrogens is 258 g/mol. The van der Waals surface area contributed by atoms with E-state index < -0.39 is 0 Å². The second-order valence-corrected chi connectivity index (χ2v) is 6.89. The van der Waals surface area contributed by atoms with E-state index >= 15 is 0 Å². The molecule has 2 saturated carbocycles. The zero-order valence-corrected chi connectivity index (χ0v) is 13.5. The molecule has 1 N–H and O–H groups in total. The van der Waals surface area contributed by atoms with Gasteiger partial charge in [0.2, 0.25) is 0 Å². The Hall–Kier alpha value is -1.02. The van der Waals surface area contributed by atoms with E-state index in [1.54, 1.807) is 7.11 Å². The minimum atomic E-state index is 0.715. The van der Waals surface area contributed by atoms with Crippen LogP contribution in [0.3, 0.4) is 0 Å². The maximum atomic E-state index is 5.24. The number of hydrogen-bond donors (Lipinski definition) is 1. The Balaban J connectivity index is 1.57. The van der Waals surface area contributed by atoms with Crippen LogP contribution in [0.25, 0.3) is 0 Å². The van der Waals surface area contributed by atoms with Gasteiger partial charge in [0.1, 0.15) is 5.75 Å². The number of rotatable bonds is 7. The molecule has 0 aromatic heterocycles. The average molecular weight is 287 g/mol. The minimum absolute atomic E-state index is 0.715. The Morgan fingerprint density at radius 2 is 2.00 bits per heavy atom. The van der Waals surface area contributed by atoms with Gasteiger partial charge in [-0.05, 0) is 74.1 Å². The molecule has 0 radical (unpaired) electrons. The summed E-state index contributed by atoms with van der Waals surface area (Å²) in [4.78, 5) is 0. The lowest BCUT2D eigenvalue weighted by Crippen LogP contribution is -2.39. The van der Waals surface area contributed by atoms with Crippen LogP contribution >= 0.6 is 0 Å². The molecule has 4 atom stereocenters. The Morgan fingerprint density at radius 1 is 1.19 bits per heavy atom. The highest BCUT2D eigenvalue weighted by atomic mass is 16.5. The molecule has 1 aromatic rings. The first-order valence-corrected chi connectivity index (χ1v) is 8.66. The summed E-state index contributed by atoms with van der Waals surface area (Å²) in [6.45, 7) is 3.34. The number of benzene rings is 1. The van der Waals surface area contributed by atoms with E-state index in [0.717, 1.165) is 30.0 Å². The standard InChI is InChI=1S/C19H29NO/c1-3-20-19(18-13-15-4-8-16(18)12-15)11-7-14-5-9-17(21-2)10-6-14/h5-6,9-10,15-16,18-20H,3-4,7-8,11-13H2,1-2H3. The van der Waals surface area contributed by atoms with Gasteiger partial charge in [-0.3, -0.25) is 0 Å². The van der Waals surface area contributed by atoms with Gasteiger partial charge < -0.3 is 10.1 Å². The molecule has 1 aromatic carbocycles. The van der Waals surface area contributed by atoms with Crippen molar-refractivity contribution in [2.24, 2.45) is 17.8 Å². The molecule has 2 heteroatoms. The van der Waals surface area contributed by atoms with Gasteiger partial charge in [0.05, 0.1) is 7.11 Å². The average Bonchev–Trinajstić information content (AvgIpc) is 3.15. The monoisotopic (exact) mass is 287 g/mol. The largest absolute Gasteiger partial charge is 0.497 e. The lowest BCUT2D eigenvalue weighted by molar-refractivity contribution is 0.241. The summed E-state index contributed by atoms with van der Waals surface area (Å²) in [5.41, 5.74) is 1.43. The maximum absolute atomic E-state index is 5.24. The van der Waals surface area contributed by atoms with Gasteiger partial charge in [0.25, 0.3) is 0 Å². The first kappa shape index (κ1) is 14.9. The SMILES string of the molecule is CCNC(CCc1ccc(OC)cc1)C1CC2CCC1C2. The van der Waals surface area contributed by atoms with Gasteiger partial charge in [-0.25, -0.2) is 0 Å². The molecule has 0 aliphatic heterocycles. The van der Waals surface area contributed by atoms with Gasteiger partial charge in [-0.2, -0.15) is 0 Å². The van der Waals surface area contributed by atoms with Crippen LogP contribution < -0.4 is 10.1 Å². The lowest BCUT2D eigenvalue weighted by Gasteiger charge is -2.31. The molecule has 0 amide bonds. The smallest absolute Gasteiger partial charge is 0.118 e. The maximum Gasteiger partial charge on any atom is 0.118 e. The van der Waals surface area contributed by atoms with Crippen molar-refractivity contribution >= 4 is 0 Å². The van der Waals surface area contributed by atoms with Gasteiger partial charge in [-0.1, -0.05) is 25.5 Å². The fourth-order valence-electron chi connectivity index (χ4n) is 4.63. The Bertz CT molecular complexity index is 441. The van der Waals surface area contributed by atoms with E-state index in [1.165, 1.54) is 44.1 Å². The summed E-state index contributed by atoms with van der Waals surface area (Å²) >= 11 is 0. The molecular formula is C19H29NO. The summed E-state index contributed by atoms with van der Waals surface area (Å²) in [5, 5.41) is 3.78. The third kappa shape index (κ3) is 3.42. The fraction of sp³-hybridized carbons (Fsp3) is 0.684. The van der Waals surface area contributed by atoms with E-state index in [0.29, 0.717) is 6.04 Å². The summed E-state index contributed by atoms with van der Waals surface area (Å²) in [7, 11) is 1.73. The highest BCUT2D eigenvalue weighted by molar-refractivity contribution is 5.27. The summed E-state index contributed by atoms with van der Waals surface area (Å²) in [6.07, 6.45) is 8.42. The molecule has 2 nitrogen and oxygen atoms in total. The highest BCUT2D eigenvalue weighted by Crippen LogP contribution is 2.50. The van der Waals surface area contributed by atoms with Crippen LogP contribution in [0.2, 0.25) is 0 Å². The second kappa shape index (κ2) is 6.83. The third-order valence-corrected chi connectivity index (χ3v) is 5.68. The third-order valence-electron chi connectivity index (χ3n) is 5.68. The minimum Gasteiger partial charge on any atom is -0.497 e. The number of ether oxygens (including phenoxy) is 1. The molecule has 21 heavy (non-hydrogen) atoms. The van der Waals surface area contributed by atoms with Crippen molar-refractivity contribution in [1.82, 2.24) is 5.32 Å². The first-order chi connectivity index (χ1) is 10.3. The van der Waals surface area contributed by atoms with Crippen molar-refractivity contribution in [3.63, 3.8) is 0 Å². The number of hydrogen-bond acceptors (Lipinski definition) is 2. The van der Waals surface area contributed by atoms with Crippen molar-refractivity contribution in [2.45, 2.75) is 51.5 Å². The van der Waals surface area contributed by atoms with Crippen molar-refractivity contribution < 1.29 is 4.74 Å². The van der Waals surface area contributed by atoms with E-state index in [1.807, 2.05) is 0 Å². The number of aryl methyl sites for hydroxylation is 1. The summed E-state index contributed by atoms with van der Waals surface area (Å²) in [6, 6.07) is 9.29. The number of nitrogens with one attached hydrogen (secondary N) is 1. The van der Waals surface area contributed by atoms with Gasteiger partial charge in [0, 0.05) is 6.04 Å². The molecule has 2 aliphatic rings. The van der Waals surface area contributed by atoms with Crippen LogP contribution in [0, 0.1) is 17.8 Å². The number of methoxy groups -OCH3 is 1. The summed E-state index contributed by atoms with van der Waals surface area (Å²) in [5.74, 6) is 3.94. The molecule has 2 fully saturated rings. The van der Waals surface area contributed by atoms with Gasteiger partial charge in [0.15, 0.2) is 0 Å². The number of fused-ring (bicyclic) bond motifs is 2. The molecule has 4 unspecified atom stereocenters. The fourth-order valence-corrected chi connectivity index (χ4v) is 4.63. The predicted octanol–water partition coefficient (Wildman–Crippen LogP) is 4.04. The van der Waals surface area contributed by atoms with Crippen LogP contribution in [0.5, 0.6) is 5.75 Å². The van der Waals surface area contributed by atoms with Crippen LogP contribution in [0.15, 0.2) is 24.3 Å². The van der Waals surface area contributed by atoms with Crippen molar-refractivity contribution in [3.05, 3.63) is 29.8 Å². The zero-order valence-electron chi connectivity index (χ0n) is 13.5. The summed E-state index contributed by atoms with van der Waals surface area (Å²) < 4.78 is 5.24. The second-order valence-electron chi connectivity index (χ2n) is 6.89. The quantitative estimate of drug-likeness (QED) is 0.817. The van der Waals surface area contributed by atoms with E-state index in [4.69, 9.17) is 4.74 Å². The lowest BCUT2D eigenvalue weighted by atomic mass is 9.81. The first-order valence-electron chi connectivity index (χ1n) is 8.66. The van der Waals surface area contributed by atoms with Crippen LogP contribution in [0.1, 0.15) is 44.6 Å². The zero-order chi connectivity index (χ0) is 14.7. The Kier molecular flexibility index (Phi) is 4.84.